The lowest BCUT2D eigenvalue weighted by atomic mass is 10.2. The van der Waals surface area contributed by atoms with Crippen LogP contribution in [0.1, 0.15) is 19.8 Å². The van der Waals surface area contributed by atoms with Crippen molar-refractivity contribution in [2.24, 2.45) is 5.73 Å². The Morgan fingerprint density at radius 2 is 1.93 bits per heavy atom. The van der Waals surface area contributed by atoms with E-state index in [0.29, 0.717) is 26.1 Å². The fourth-order valence-corrected chi connectivity index (χ4v) is 3.21. The van der Waals surface area contributed by atoms with Crippen LogP contribution in [-0.4, -0.2) is 38.0 Å². The molecule has 1 rings (SSSR count). The van der Waals surface area contributed by atoms with Gasteiger partial charge < -0.3 is 10.5 Å². The lowest BCUT2D eigenvalue weighted by molar-refractivity contribution is -0.117. The number of nitrogens with two attached hydrogens (primary N) is 1. The molecule has 1 heterocycles. The Bertz CT molecular complexity index is 305. The number of amides is 1. The molecule has 6 heteroatoms. The van der Waals surface area contributed by atoms with Crippen molar-refractivity contribution in [1.29, 1.82) is 0 Å². The van der Waals surface area contributed by atoms with Gasteiger partial charge in [0, 0.05) is 13.2 Å². The zero-order chi connectivity index (χ0) is 10.8. The normalized spacial score (nSPS) is 21.8. The molecule has 0 aromatic heterocycles. The highest BCUT2D eigenvalue weighted by molar-refractivity contribution is 7.93. The Morgan fingerprint density at radius 1 is 1.43 bits per heavy atom. The van der Waals surface area contributed by atoms with Crippen LogP contribution in [0.2, 0.25) is 0 Å². The lowest BCUT2D eigenvalue weighted by Gasteiger charge is -2.24. The number of ether oxygens (including phenoxy) is 1. The van der Waals surface area contributed by atoms with Gasteiger partial charge in [-0.25, -0.2) is 8.42 Å². The summed E-state index contributed by atoms with van der Waals surface area (Å²) in [5.74, 6) is -0.781. The van der Waals surface area contributed by atoms with Crippen LogP contribution < -0.4 is 5.73 Å². The van der Waals surface area contributed by atoms with Crippen LogP contribution in [0.4, 0.5) is 0 Å². The highest BCUT2D eigenvalue weighted by Gasteiger charge is 2.35. The van der Waals surface area contributed by atoms with Crippen LogP contribution >= 0.6 is 0 Å². The van der Waals surface area contributed by atoms with Gasteiger partial charge in [-0.1, -0.05) is 0 Å². The lowest BCUT2D eigenvalue weighted by Crippen LogP contribution is -2.41. The maximum Gasteiger partial charge on any atom is 0.235 e. The first-order chi connectivity index (χ1) is 6.46. The van der Waals surface area contributed by atoms with E-state index in [0.717, 1.165) is 0 Å². The van der Waals surface area contributed by atoms with E-state index in [2.05, 4.69) is 0 Å². The number of hydrogen-bond acceptors (Lipinski definition) is 4. The van der Waals surface area contributed by atoms with Crippen molar-refractivity contribution in [2.75, 3.05) is 13.2 Å². The molecule has 0 aromatic rings. The Kier molecular flexibility index (Phi) is 3.49. The molecule has 0 bridgehead atoms. The second-order valence-electron chi connectivity index (χ2n) is 3.45. The maximum atomic E-state index is 11.8. The average Bonchev–Trinajstić information content (AvgIpc) is 2.18. The summed E-state index contributed by atoms with van der Waals surface area (Å²) in [7, 11) is -3.42. The van der Waals surface area contributed by atoms with E-state index in [1.165, 1.54) is 6.92 Å². The van der Waals surface area contributed by atoms with Crippen LogP contribution in [0.3, 0.4) is 0 Å². The van der Waals surface area contributed by atoms with Crippen molar-refractivity contribution in [2.45, 2.75) is 30.3 Å². The molecular formula is C8H15NO4S. The minimum absolute atomic E-state index is 0.440. The minimum atomic E-state index is -3.42. The highest BCUT2D eigenvalue weighted by Crippen LogP contribution is 2.19. The Hall–Kier alpha value is -0.620. The van der Waals surface area contributed by atoms with E-state index in [4.69, 9.17) is 10.5 Å². The summed E-state index contributed by atoms with van der Waals surface area (Å²) >= 11 is 0. The predicted octanol–water partition coefficient (Wildman–Crippen LogP) is -0.546. The zero-order valence-corrected chi connectivity index (χ0v) is 8.92. The van der Waals surface area contributed by atoms with Crippen molar-refractivity contribution >= 4 is 15.7 Å². The SMILES string of the molecule is CC(C(N)=O)S(=O)(=O)C1CCOCC1. The summed E-state index contributed by atoms with van der Waals surface area (Å²) in [5.41, 5.74) is 4.98. The van der Waals surface area contributed by atoms with E-state index in [9.17, 15) is 13.2 Å². The van der Waals surface area contributed by atoms with E-state index >= 15 is 0 Å². The third kappa shape index (κ3) is 2.24. The standard InChI is InChI=1S/C8H15NO4S/c1-6(8(9)10)14(11,12)7-2-4-13-5-3-7/h6-7H,2-5H2,1H3,(H2,9,10). The first kappa shape index (κ1) is 11.5. The molecule has 2 N–H and O–H groups in total. The molecule has 1 fully saturated rings. The summed E-state index contributed by atoms with van der Waals surface area (Å²) in [6, 6.07) is 0. The number of carbonyl (C=O) groups excluding carboxylic acids is 1. The van der Waals surface area contributed by atoms with E-state index in [1.54, 1.807) is 0 Å². The van der Waals surface area contributed by atoms with Crippen molar-refractivity contribution in [3.63, 3.8) is 0 Å². The average molecular weight is 221 g/mol. The zero-order valence-electron chi connectivity index (χ0n) is 8.10. The fourth-order valence-electron chi connectivity index (χ4n) is 1.46. The van der Waals surface area contributed by atoms with E-state index < -0.39 is 26.2 Å². The van der Waals surface area contributed by atoms with Gasteiger partial charge in [0.05, 0.1) is 5.25 Å². The smallest absolute Gasteiger partial charge is 0.235 e. The van der Waals surface area contributed by atoms with Crippen molar-refractivity contribution in [3.8, 4) is 0 Å². The molecule has 14 heavy (non-hydrogen) atoms. The van der Waals surface area contributed by atoms with Gasteiger partial charge in [-0.05, 0) is 19.8 Å². The van der Waals surface area contributed by atoms with Crippen LogP contribution in [0.5, 0.6) is 0 Å². The molecule has 82 valence electrons. The number of rotatable bonds is 3. The van der Waals surface area contributed by atoms with Crippen LogP contribution in [-0.2, 0) is 19.4 Å². The summed E-state index contributed by atoms with van der Waals surface area (Å²) < 4.78 is 28.6. The third-order valence-electron chi connectivity index (χ3n) is 2.53. The van der Waals surface area contributed by atoms with Gasteiger partial charge in [-0.3, -0.25) is 4.79 Å². The van der Waals surface area contributed by atoms with Gasteiger partial charge in [0.2, 0.25) is 5.91 Å². The van der Waals surface area contributed by atoms with E-state index in [-0.39, 0.29) is 0 Å². The van der Waals surface area contributed by atoms with Crippen LogP contribution in [0.15, 0.2) is 0 Å². The third-order valence-corrected chi connectivity index (χ3v) is 5.14. The van der Waals surface area contributed by atoms with Crippen LogP contribution in [0.25, 0.3) is 0 Å². The van der Waals surface area contributed by atoms with Crippen LogP contribution in [0, 0.1) is 0 Å². The minimum Gasteiger partial charge on any atom is -0.381 e. The van der Waals surface area contributed by atoms with Crippen molar-refractivity contribution in [1.82, 2.24) is 0 Å². The fraction of sp³-hybridized carbons (Fsp3) is 0.875. The Balaban J connectivity index is 2.78. The molecule has 0 saturated carbocycles. The summed E-state index contributed by atoms with van der Waals surface area (Å²) in [6.07, 6.45) is 0.917. The molecular weight excluding hydrogens is 206 g/mol. The van der Waals surface area contributed by atoms with Gasteiger partial charge in [-0.2, -0.15) is 0 Å². The number of hydrogen-bond donors (Lipinski definition) is 1. The largest absolute Gasteiger partial charge is 0.381 e. The molecule has 1 unspecified atom stereocenters. The van der Waals surface area contributed by atoms with Gasteiger partial charge in [0.25, 0.3) is 0 Å². The monoisotopic (exact) mass is 221 g/mol. The molecule has 1 atom stereocenters. The molecule has 0 radical (unpaired) electrons. The number of carbonyl (C=O) groups is 1. The second-order valence-corrected chi connectivity index (χ2v) is 6.00. The summed E-state index contributed by atoms with van der Waals surface area (Å²) in [4.78, 5) is 10.8. The van der Waals surface area contributed by atoms with Gasteiger partial charge in [-0.15, -0.1) is 0 Å². The molecule has 5 nitrogen and oxygen atoms in total. The Morgan fingerprint density at radius 3 is 2.36 bits per heavy atom. The predicted molar refractivity (Wildman–Crippen MR) is 51.4 cm³/mol. The maximum absolute atomic E-state index is 11.8. The molecule has 1 aliphatic heterocycles. The van der Waals surface area contributed by atoms with Gasteiger partial charge >= 0.3 is 0 Å². The molecule has 0 aromatic carbocycles. The van der Waals surface area contributed by atoms with Crippen molar-refractivity contribution in [3.05, 3.63) is 0 Å². The quantitative estimate of drug-likeness (QED) is 0.693. The topological polar surface area (TPSA) is 86.5 Å². The summed E-state index contributed by atoms with van der Waals surface area (Å²) in [6.45, 7) is 2.22. The number of sulfone groups is 1. The van der Waals surface area contributed by atoms with Crippen molar-refractivity contribution < 1.29 is 17.9 Å². The van der Waals surface area contributed by atoms with Gasteiger partial charge in [0.1, 0.15) is 5.25 Å². The molecule has 1 saturated heterocycles. The molecule has 0 aliphatic carbocycles. The molecule has 1 amide bonds. The first-order valence-corrected chi connectivity index (χ1v) is 6.17. The molecule has 0 spiro atoms. The van der Waals surface area contributed by atoms with E-state index in [1.807, 2.05) is 0 Å². The van der Waals surface area contributed by atoms with Gasteiger partial charge in [0.15, 0.2) is 9.84 Å². The molecule has 1 aliphatic rings. The Labute approximate surface area is 83.5 Å². The highest BCUT2D eigenvalue weighted by atomic mass is 32.2. The second kappa shape index (κ2) is 4.27. The number of primary amides is 1. The summed E-state index contributed by atoms with van der Waals surface area (Å²) in [5, 5.41) is -1.57. The first-order valence-electron chi connectivity index (χ1n) is 4.56.